The van der Waals surface area contributed by atoms with Crippen molar-refractivity contribution in [3.05, 3.63) is 36.3 Å². The number of fused-ring (bicyclic) bond motifs is 3. The third-order valence-corrected chi connectivity index (χ3v) is 6.60. The van der Waals surface area contributed by atoms with Crippen LogP contribution in [0.2, 0.25) is 0 Å². The monoisotopic (exact) mass is 416 g/mol. The molecule has 160 valence electrons. The molecule has 2 aliphatic carbocycles. The number of carbonyl (C=O) groups excluding carboxylic acids is 1. The van der Waals surface area contributed by atoms with E-state index in [0.717, 1.165) is 49.2 Å². The van der Waals surface area contributed by atoms with Crippen LogP contribution in [0.4, 0.5) is 8.78 Å². The van der Waals surface area contributed by atoms with Gasteiger partial charge in [-0.05, 0) is 50.3 Å². The lowest BCUT2D eigenvalue weighted by atomic mass is 9.84. The van der Waals surface area contributed by atoms with Gasteiger partial charge in [0, 0.05) is 29.6 Å². The third-order valence-electron chi connectivity index (χ3n) is 6.60. The van der Waals surface area contributed by atoms with Gasteiger partial charge in [0.05, 0.1) is 30.8 Å². The highest BCUT2D eigenvalue weighted by Crippen LogP contribution is 2.38. The Balaban J connectivity index is 1.20. The van der Waals surface area contributed by atoms with Crippen LogP contribution in [0.25, 0.3) is 11.3 Å². The fourth-order valence-electron chi connectivity index (χ4n) is 4.64. The van der Waals surface area contributed by atoms with Gasteiger partial charge in [-0.2, -0.15) is 0 Å². The summed E-state index contributed by atoms with van der Waals surface area (Å²) in [5, 5.41) is 6.23. The molecule has 0 saturated heterocycles. The van der Waals surface area contributed by atoms with Crippen LogP contribution in [-0.4, -0.2) is 46.1 Å². The quantitative estimate of drug-likeness (QED) is 0.802. The van der Waals surface area contributed by atoms with Gasteiger partial charge >= 0.3 is 0 Å². The van der Waals surface area contributed by atoms with Crippen LogP contribution in [0.3, 0.4) is 0 Å². The van der Waals surface area contributed by atoms with Crippen molar-refractivity contribution >= 4 is 5.91 Å². The van der Waals surface area contributed by atoms with Crippen molar-refractivity contribution in [2.45, 2.75) is 69.1 Å². The molecule has 0 spiro atoms. The first-order chi connectivity index (χ1) is 14.5. The lowest BCUT2D eigenvalue weighted by molar-refractivity contribution is -0.110. The Morgan fingerprint density at radius 2 is 1.97 bits per heavy atom. The van der Waals surface area contributed by atoms with E-state index in [1.807, 2.05) is 16.7 Å². The first-order valence-electron chi connectivity index (χ1n) is 10.7. The van der Waals surface area contributed by atoms with Gasteiger partial charge in [0.15, 0.2) is 0 Å². The van der Waals surface area contributed by atoms with Crippen molar-refractivity contribution < 1.29 is 18.3 Å². The van der Waals surface area contributed by atoms with E-state index in [1.165, 1.54) is 0 Å². The number of rotatable bonds is 4. The second kappa shape index (κ2) is 7.65. The van der Waals surface area contributed by atoms with E-state index < -0.39 is 12.0 Å². The van der Waals surface area contributed by atoms with E-state index in [4.69, 9.17) is 4.74 Å². The molecule has 2 N–H and O–H groups in total. The molecule has 3 aliphatic rings. The first-order valence-corrected chi connectivity index (χ1v) is 10.7. The minimum absolute atomic E-state index is 0.0112. The van der Waals surface area contributed by atoms with Gasteiger partial charge in [-0.1, -0.05) is 0 Å². The number of benzene rings is 1. The van der Waals surface area contributed by atoms with Crippen molar-refractivity contribution in [3.8, 4) is 17.0 Å². The second-order valence-electron chi connectivity index (χ2n) is 8.57. The molecule has 0 radical (unpaired) electrons. The van der Waals surface area contributed by atoms with E-state index in [2.05, 4.69) is 15.6 Å². The first kappa shape index (κ1) is 19.5. The Morgan fingerprint density at radius 1 is 1.17 bits per heavy atom. The summed E-state index contributed by atoms with van der Waals surface area (Å²) in [5.41, 5.74) is 2.39. The van der Waals surface area contributed by atoms with Gasteiger partial charge in [0.25, 0.3) is 11.8 Å². The van der Waals surface area contributed by atoms with E-state index in [-0.39, 0.29) is 24.4 Å². The minimum Gasteiger partial charge on any atom is -0.491 e. The van der Waals surface area contributed by atoms with E-state index in [0.29, 0.717) is 18.6 Å². The Labute approximate surface area is 174 Å². The van der Waals surface area contributed by atoms with Crippen LogP contribution in [-0.2, 0) is 6.54 Å². The van der Waals surface area contributed by atoms with Crippen LogP contribution in [0.1, 0.15) is 48.9 Å². The van der Waals surface area contributed by atoms with E-state index in [1.54, 1.807) is 18.6 Å². The van der Waals surface area contributed by atoms with Gasteiger partial charge in [-0.25, -0.2) is 13.8 Å². The molecule has 1 aromatic heterocycles. The Hall–Kier alpha value is -2.48. The highest BCUT2D eigenvalue weighted by Gasteiger charge is 2.48. The number of imidazole rings is 1. The maximum Gasteiger partial charge on any atom is 0.263 e. The second-order valence-corrected chi connectivity index (χ2v) is 8.57. The van der Waals surface area contributed by atoms with Crippen molar-refractivity contribution in [1.82, 2.24) is 20.2 Å². The predicted octanol–water partition coefficient (Wildman–Crippen LogP) is 3.37. The minimum atomic E-state index is -2.56. The molecule has 2 heterocycles. The SMILES string of the molecule is O=C(NC1CCC(N[C@@H]2CCC2(F)F)CC1)c1ccc2c(c1)-c1cncn1CCO2. The van der Waals surface area contributed by atoms with Gasteiger partial charge < -0.3 is 19.9 Å². The Kier molecular flexibility index (Phi) is 4.97. The summed E-state index contributed by atoms with van der Waals surface area (Å²) in [6.45, 7) is 1.28. The number of nitrogens with one attached hydrogen (secondary N) is 2. The average molecular weight is 416 g/mol. The lowest BCUT2D eigenvalue weighted by Gasteiger charge is -2.41. The molecule has 1 aliphatic heterocycles. The average Bonchev–Trinajstić information content (AvgIpc) is 3.14. The summed E-state index contributed by atoms with van der Waals surface area (Å²) in [7, 11) is 0. The number of aromatic nitrogens is 2. The zero-order valence-corrected chi connectivity index (χ0v) is 16.7. The van der Waals surface area contributed by atoms with Gasteiger partial charge in [-0.15, -0.1) is 0 Å². The zero-order valence-electron chi connectivity index (χ0n) is 16.7. The molecule has 2 saturated carbocycles. The molecule has 6 nitrogen and oxygen atoms in total. The van der Waals surface area contributed by atoms with E-state index >= 15 is 0 Å². The number of nitrogens with zero attached hydrogens (tertiary/aromatic N) is 2. The molecular formula is C22H26F2N4O2. The molecule has 30 heavy (non-hydrogen) atoms. The van der Waals surface area contributed by atoms with Crippen LogP contribution < -0.4 is 15.4 Å². The molecule has 1 aromatic carbocycles. The topological polar surface area (TPSA) is 68.2 Å². The number of alkyl halides is 2. The van der Waals surface area contributed by atoms with Gasteiger partial charge in [0.1, 0.15) is 12.4 Å². The highest BCUT2D eigenvalue weighted by atomic mass is 19.3. The maximum atomic E-state index is 13.5. The summed E-state index contributed by atoms with van der Waals surface area (Å²) in [6, 6.07) is 4.98. The molecule has 8 heteroatoms. The van der Waals surface area contributed by atoms with Crippen molar-refractivity contribution in [2.24, 2.45) is 0 Å². The smallest absolute Gasteiger partial charge is 0.263 e. The predicted molar refractivity (Wildman–Crippen MR) is 108 cm³/mol. The molecule has 2 aromatic rings. The number of amides is 1. The van der Waals surface area contributed by atoms with Crippen LogP contribution in [0.5, 0.6) is 5.75 Å². The Morgan fingerprint density at radius 3 is 2.70 bits per heavy atom. The molecular weight excluding hydrogens is 390 g/mol. The van der Waals surface area contributed by atoms with Gasteiger partial charge in [0.2, 0.25) is 0 Å². The third kappa shape index (κ3) is 3.69. The standard InChI is InChI=1S/C22H26F2N4O2/c23-22(24)8-7-20(22)26-15-2-4-16(5-3-15)27-21(29)14-1-6-19-17(11-14)18-12-25-13-28(18)9-10-30-19/h1,6,11-13,15-16,20,26H,2-5,7-10H2,(H,27,29)/t15?,16?,20-/m1/s1. The number of hydrogen-bond donors (Lipinski definition) is 2. The van der Waals surface area contributed by atoms with Crippen molar-refractivity contribution in [1.29, 1.82) is 0 Å². The zero-order chi connectivity index (χ0) is 20.7. The molecule has 2 fully saturated rings. The van der Waals surface area contributed by atoms with Crippen LogP contribution in [0.15, 0.2) is 30.7 Å². The van der Waals surface area contributed by atoms with Gasteiger partial charge in [-0.3, -0.25) is 4.79 Å². The van der Waals surface area contributed by atoms with Crippen molar-refractivity contribution in [2.75, 3.05) is 6.61 Å². The normalized spacial score (nSPS) is 27.1. The summed E-state index contributed by atoms with van der Waals surface area (Å²) in [4.78, 5) is 17.1. The lowest BCUT2D eigenvalue weighted by Crippen LogP contribution is -2.57. The summed E-state index contributed by atoms with van der Waals surface area (Å²) >= 11 is 0. The molecule has 1 atom stereocenters. The summed E-state index contributed by atoms with van der Waals surface area (Å²) in [5.74, 6) is -1.92. The fourth-order valence-corrected chi connectivity index (χ4v) is 4.64. The molecule has 0 unspecified atom stereocenters. The van der Waals surface area contributed by atoms with E-state index in [9.17, 15) is 13.6 Å². The Bertz CT molecular complexity index is 937. The molecule has 5 rings (SSSR count). The summed E-state index contributed by atoms with van der Waals surface area (Å²) < 4.78 is 34.8. The summed E-state index contributed by atoms with van der Waals surface area (Å²) in [6.07, 6.45) is 7.28. The van der Waals surface area contributed by atoms with Crippen LogP contribution >= 0.6 is 0 Å². The van der Waals surface area contributed by atoms with Crippen molar-refractivity contribution in [3.63, 3.8) is 0 Å². The number of ether oxygens (including phenoxy) is 1. The molecule has 0 bridgehead atoms. The van der Waals surface area contributed by atoms with Crippen LogP contribution in [0, 0.1) is 0 Å². The fraction of sp³-hybridized carbons (Fsp3) is 0.545. The number of hydrogen-bond acceptors (Lipinski definition) is 4. The molecule has 1 amide bonds. The largest absolute Gasteiger partial charge is 0.491 e. The highest BCUT2D eigenvalue weighted by molar-refractivity contribution is 5.96. The number of halogens is 2. The number of carbonyl (C=O) groups is 1. The maximum absolute atomic E-state index is 13.5.